The molecule has 0 saturated carbocycles. The lowest BCUT2D eigenvalue weighted by Gasteiger charge is -2.12. The zero-order chi connectivity index (χ0) is 8.81. The van der Waals surface area contributed by atoms with Crippen LogP contribution in [0.4, 0.5) is 0 Å². The van der Waals surface area contributed by atoms with Gasteiger partial charge in [-0.1, -0.05) is 33.1 Å². The van der Waals surface area contributed by atoms with Crippen LogP contribution < -0.4 is 5.32 Å². The summed E-state index contributed by atoms with van der Waals surface area (Å²) in [6.45, 7) is 4.56. The Morgan fingerprint density at radius 2 is 1.67 bits per heavy atom. The van der Waals surface area contributed by atoms with Gasteiger partial charge in [0.05, 0.1) is 0 Å². The van der Waals surface area contributed by atoms with Gasteiger partial charge in [0.15, 0.2) is 0 Å². The molecule has 0 aromatic heterocycles. The summed E-state index contributed by atoms with van der Waals surface area (Å²) in [7, 11) is 0. The Morgan fingerprint density at radius 1 is 1.00 bits per heavy atom. The van der Waals surface area contributed by atoms with Crippen LogP contribution >= 0.6 is 0 Å². The van der Waals surface area contributed by atoms with Gasteiger partial charge in [-0.05, 0) is 25.7 Å². The van der Waals surface area contributed by atoms with Gasteiger partial charge in [-0.3, -0.25) is 0 Å². The maximum absolute atomic E-state index is 3.73. The molecule has 1 heterocycles. The highest BCUT2D eigenvalue weighted by atomic mass is 15.0. The Balaban J connectivity index is 2.08. The van der Waals surface area contributed by atoms with E-state index in [0.717, 1.165) is 12.1 Å². The lowest BCUT2D eigenvalue weighted by Crippen LogP contribution is -2.28. The molecule has 1 aliphatic rings. The second-order valence-corrected chi connectivity index (χ2v) is 4.07. The third kappa shape index (κ3) is 3.14. The van der Waals surface area contributed by atoms with Crippen molar-refractivity contribution < 1.29 is 0 Å². The van der Waals surface area contributed by atoms with Gasteiger partial charge in [-0.25, -0.2) is 0 Å². The first kappa shape index (κ1) is 10.0. The minimum Gasteiger partial charge on any atom is -0.311 e. The molecule has 1 N–H and O–H groups in total. The zero-order valence-corrected chi connectivity index (χ0v) is 8.60. The molecule has 12 heavy (non-hydrogen) atoms. The van der Waals surface area contributed by atoms with Gasteiger partial charge in [0.2, 0.25) is 0 Å². The smallest absolute Gasteiger partial charge is 0.00702 e. The van der Waals surface area contributed by atoms with Crippen molar-refractivity contribution >= 4 is 0 Å². The van der Waals surface area contributed by atoms with Crippen molar-refractivity contribution in [3.05, 3.63) is 0 Å². The quantitative estimate of drug-likeness (QED) is 0.667. The van der Waals surface area contributed by atoms with Crippen LogP contribution in [0, 0.1) is 0 Å². The van der Waals surface area contributed by atoms with Crippen molar-refractivity contribution in [3.8, 4) is 0 Å². The highest BCUT2D eigenvalue weighted by molar-refractivity contribution is 4.82. The molecule has 0 radical (unpaired) electrons. The molecule has 72 valence electrons. The maximum atomic E-state index is 3.73. The molecule has 0 aromatic carbocycles. The fourth-order valence-electron chi connectivity index (χ4n) is 2.16. The van der Waals surface area contributed by atoms with E-state index in [0.29, 0.717) is 0 Å². The van der Waals surface area contributed by atoms with Crippen molar-refractivity contribution in [2.24, 2.45) is 0 Å². The molecule has 1 rings (SSSR count). The SMILES string of the molecule is CCCCC1CCC(CCC)N1. The molecule has 1 saturated heterocycles. The molecule has 1 aliphatic heterocycles. The molecular weight excluding hydrogens is 146 g/mol. The van der Waals surface area contributed by atoms with E-state index < -0.39 is 0 Å². The van der Waals surface area contributed by atoms with Crippen LogP contribution in [0.2, 0.25) is 0 Å². The molecule has 2 unspecified atom stereocenters. The second-order valence-electron chi connectivity index (χ2n) is 4.07. The van der Waals surface area contributed by atoms with Crippen molar-refractivity contribution in [2.45, 2.75) is 70.9 Å². The van der Waals surface area contributed by atoms with Gasteiger partial charge in [0.1, 0.15) is 0 Å². The summed E-state index contributed by atoms with van der Waals surface area (Å²) in [4.78, 5) is 0. The fourth-order valence-corrected chi connectivity index (χ4v) is 2.16. The Bertz CT molecular complexity index is 112. The van der Waals surface area contributed by atoms with Crippen LogP contribution in [0.5, 0.6) is 0 Å². The second kappa shape index (κ2) is 5.58. The molecule has 0 bridgehead atoms. The third-order valence-corrected chi connectivity index (χ3v) is 2.88. The third-order valence-electron chi connectivity index (χ3n) is 2.88. The molecular formula is C11H23N. The van der Waals surface area contributed by atoms with E-state index in [1.165, 1.54) is 44.9 Å². The topological polar surface area (TPSA) is 12.0 Å². The van der Waals surface area contributed by atoms with Gasteiger partial charge >= 0.3 is 0 Å². The normalized spacial score (nSPS) is 29.5. The van der Waals surface area contributed by atoms with Crippen molar-refractivity contribution in [1.82, 2.24) is 5.32 Å². The Kier molecular flexibility index (Phi) is 4.67. The number of unbranched alkanes of at least 4 members (excludes halogenated alkanes) is 1. The number of hydrogen-bond acceptors (Lipinski definition) is 1. The van der Waals surface area contributed by atoms with Crippen LogP contribution in [0.3, 0.4) is 0 Å². The lowest BCUT2D eigenvalue weighted by atomic mass is 10.1. The summed E-state index contributed by atoms with van der Waals surface area (Å²) in [6.07, 6.45) is 9.69. The highest BCUT2D eigenvalue weighted by Crippen LogP contribution is 2.19. The largest absolute Gasteiger partial charge is 0.311 e. The summed E-state index contributed by atoms with van der Waals surface area (Å²) in [5, 5.41) is 3.73. The Hall–Kier alpha value is -0.0400. The molecule has 1 nitrogen and oxygen atoms in total. The first-order chi connectivity index (χ1) is 5.86. The van der Waals surface area contributed by atoms with Crippen molar-refractivity contribution in [1.29, 1.82) is 0 Å². The average molecular weight is 169 g/mol. The maximum Gasteiger partial charge on any atom is 0.00702 e. The predicted octanol–water partition coefficient (Wildman–Crippen LogP) is 3.10. The fraction of sp³-hybridized carbons (Fsp3) is 1.00. The monoisotopic (exact) mass is 169 g/mol. The van der Waals surface area contributed by atoms with Crippen molar-refractivity contribution in [2.75, 3.05) is 0 Å². The van der Waals surface area contributed by atoms with E-state index in [1.54, 1.807) is 0 Å². The highest BCUT2D eigenvalue weighted by Gasteiger charge is 2.21. The molecule has 0 aromatic rings. The molecule has 0 amide bonds. The van der Waals surface area contributed by atoms with Crippen LogP contribution in [0.25, 0.3) is 0 Å². The minimum atomic E-state index is 0.844. The average Bonchev–Trinajstić information content (AvgIpc) is 2.50. The molecule has 0 aliphatic carbocycles. The molecule has 1 heteroatoms. The zero-order valence-electron chi connectivity index (χ0n) is 8.60. The van der Waals surface area contributed by atoms with Crippen LogP contribution in [0.1, 0.15) is 58.8 Å². The molecule has 0 spiro atoms. The standard InChI is InChI=1S/C11H23N/c1-3-5-7-11-9-8-10(12-11)6-4-2/h10-12H,3-9H2,1-2H3. The number of rotatable bonds is 5. The predicted molar refractivity (Wildman–Crippen MR) is 54.4 cm³/mol. The summed E-state index contributed by atoms with van der Waals surface area (Å²) in [5.41, 5.74) is 0. The van der Waals surface area contributed by atoms with Crippen molar-refractivity contribution in [3.63, 3.8) is 0 Å². The Morgan fingerprint density at radius 3 is 2.25 bits per heavy atom. The van der Waals surface area contributed by atoms with E-state index in [1.807, 2.05) is 0 Å². The van der Waals surface area contributed by atoms with Gasteiger partial charge in [0, 0.05) is 12.1 Å². The lowest BCUT2D eigenvalue weighted by molar-refractivity contribution is 0.476. The van der Waals surface area contributed by atoms with E-state index in [2.05, 4.69) is 19.2 Å². The van der Waals surface area contributed by atoms with E-state index in [9.17, 15) is 0 Å². The summed E-state index contributed by atoms with van der Waals surface area (Å²) in [6, 6.07) is 1.69. The van der Waals surface area contributed by atoms with Crippen LogP contribution in [-0.2, 0) is 0 Å². The Labute approximate surface area is 76.9 Å². The summed E-state index contributed by atoms with van der Waals surface area (Å²) >= 11 is 0. The van der Waals surface area contributed by atoms with E-state index in [-0.39, 0.29) is 0 Å². The first-order valence-corrected chi connectivity index (χ1v) is 5.62. The van der Waals surface area contributed by atoms with Gasteiger partial charge in [-0.2, -0.15) is 0 Å². The molecule has 1 fully saturated rings. The van der Waals surface area contributed by atoms with Gasteiger partial charge in [0.25, 0.3) is 0 Å². The molecule has 2 atom stereocenters. The number of hydrogen-bond donors (Lipinski definition) is 1. The summed E-state index contributed by atoms with van der Waals surface area (Å²) < 4.78 is 0. The number of nitrogens with one attached hydrogen (secondary N) is 1. The van der Waals surface area contributed by atoms with E-state index >= 15 is 0 Å². The van der Waals surface area contributed by atoms with Gasteiger partial charge < -0.3 is 5.32 Å². The summed E-state index contributed by atoms with van der Waals surface area (Å²) in [5.74, 6) is 0. The minimum absolute atomic E-state index is 0.844. The van der Waals surface area contributed by atoms with Crippen LogP contribution in [-0.4, -0.2) is 12.1 Å². The van der Waals surface area contributed by atoms with Gasteiger partial charge in [-0.15, -0.1) is 0 Å². The van der Waals surface area contributed by atoms with Crippen LogP contribution in [0.15, 0.2) is 0 Å². The first-order valence-electron chi connectivity index (χ1n) is 5.62. The van der Waals surface area contributed by atoms with E-state index in [4.69, 9.17) is 0 Å².